The highest BCUT2D eigenvalue weighted by Gasteiger charge is 2.61. The number of aromatic nitrogens is 2. The van der Waals surface area contributed by atoms with E-state index in [0.717, 1.165) is 11.0 Å². The van der Waals surface area contributed by atoms with Gasteiger partial charge >= 0.3 is 0 Å². The monoisotopic (exact) mass is 303 g/mol. The second kappa shape index (κ2) is 3.81. The zero-order valence-electron chi connectivity index (χ0n) is 13.1. The van der Waals surface area contributed by atoms with Crippen molar-refractivity contribution in [3.8, 4) is 0 Å². The third-order valence-electron chi connectivity index (χ3n) is 6.43. The second-order valence-electron chi connectivity index (χ2n) is 9.25. The fourth-order valence-electron chi connectivity index (χ4n) is 6.60. The standard InChI is InChI=1S/C17H25N3S/c1-15-5-11-6-16(2,8-15)10-17(7-11,9-15)13-19-14(21-20-13)18-12-3-4-12/h11-12H,3-10H2,1-2H3,(H,18,19,20). The number of nitrogens with one attached hydrogen (secondary N) is 1. The summed E-state index contributed by atoms with van der Waals surface area (Å²) >= 11 is 1.59. The van der Waals surface area contributed by atoms with Crippen LogP contribution in [-0.2, 0) is 5.41 Å². The molecule has 0 saturated heterocycles. The van der Waals surface area contributed by atoms with Gasteiger partial charge in [-0.1, -0.05) is 13.8 Å². The van der Waals surface area contributed by atoms with E-state index in [-0.39, 0.29) is 0 Å². The molecule has 21 heavy (non-hydrogen) atoms. The van der Waals surface area contributed by atoms with Crippen LogP contribution in [0.5, 0.6) is 0 Å². The van der Waals surface area contributed by atoms with Gasteiger partial charge in [0.1, 0.15) is 0 Å². The molecule has 4 heteroatoms. The molecule has 0 aromatic carbocycles. The van der Waals surface area contributed by atoms with Gasteiger partial charge in [0.15, 0.2) is 5.82 Å². The van der Waals surface area contributed by atoms with Gasteiger partial charge in [0.2, 0.25) is 5.13 Å². The SMILES string of the molecule is CC12CC3CC(C)(C1)CC(c1nsc(NC4CC4)n1)(C3)C2. The topological polar surface area (TPSA) is 37.8 Å². The molecular formula is C17H25N3S. The van der Waals surface area contributed by atoms with Crippen LogP contribution >= 0.6 is 11.5 Å². The van der Waals surface area contributed by atoms with E-state index in [1.54, 1.807) is 11.5 Å². The summed E-state index contributed by atoms with van der Waals surface area (Å²) in [5.41, 5.74) is 1.38. The van der Waals surface area contributed by atoms with Crippen LogP contribution in [0, 0.1) is 16.7 Å². The molecule has 114 valence electrons. The Morgan fingerprint density at radius 3 is 2.38 bits per heavy atom. The average molecular weight is 303 g/mol. The molecule has 1 N–H and O–H groups in total. The van der Waals surface area contributed by atoms with Crippen LogP contribution in [0.15, 0.2) is 0 Å². The van der Waals surface area contributed by atoms with E-state index >= 15 is 0 Å². The minimum atomic E-state index is 0.295. The van der Waals surface area contributed by atoms with Crippen LogP contribution in [-0.4, -0.2) is 15.4 Å². The van der Waals surface area contributed by atoms with E-state index in [1.165, 1.54) is 57.2 Å². The lowest BCUT2D eigenvalue weighted by Crippen LogP contribution is -2.57. The molecule has 0 radical (unpaired) electrons. The maximum atomic E-state index is 4.94. The van der Waals surface area contributed by atoms with E-state index in [1.807, 2.05) is 0 Å². The molecule has 1 aromatic heterocycles. The van der Waals surface area contributed by atoms with Gasteiger partial charge in [0, 0.05) is 23.0 Å². The molecule has 5 aliphatic carbocycles. The first-order valence-electron chi connectivity index (χ1n) is 8.57. The van der Waals surface area contributed by atoms with Crippen molar-refractivity contribution in [1.82, 2.24) is 9.36 Å². The third kappa shape index (κ3) is 1.97. The molecular weight excluding hydrogens is 278 g/mol. The van der Waals surface area contributed by atoms with Crippen molar-refractivity contribution in [3.63, 3.8) is 0 Å². The highest BCUT2D eigenvalue weighted by atomic mass is 32.1. The summed E-state index contributed by atoms with van der Waals surface area (Å²) < 4.78 is 4.82. The minimum Gasteiger partial charge on any atom is -0.358 e. The Bertz CT molecular complexity index is 573. The van der Waals surface area contributed by atoms with Crippen molar-refractivity contribution in [2.24, 2.45) is 16.7 Å². The van der Waals surface area contributed by atoms with Gasteiger partial charge in [-0.25, -0.2) is 4.98 Å². The number of rotatable bonds is 3. The Balaban J connectivity index is 1.50. The smallest absolute Gasteiger partial charge is 0.202 e. The summed E-state index contributed by atoms with van der Waals surface area (Å²) in [7, 11) is 0. The van der Waals surface area contributed by atoms with E-state index < -0.39 is 0 Å². The Hall–Kier alpha value is -0.640. The third-order valence-corrected chi connectivity index (χ3v) is 7.08. The number of hydrogen-bond acceptors (Lipinski definition) is 4. The Labute approximate surface area is 131 Å². The van der Waals surface area contributed by atoms with Gasteiger partial charge in [-0.3, -0.25) is 0 Å². The van der Waals surface area contributed by atoms with E-state index in [2.05, 4.69) is 19.2 Å². The fraction of sp³-hybridized carbons (Fsp3) is 0.882. The molecule has 5 aliphatic rings. The van der Waals surface area contributed by atoms with Gasteiger partial charge in [0.05, 0.1) is 0 Å². The van der Waals surface area contributed by atoms with Crippen LogP contribution in [0.2, 0.25) is 0 Å². The average Bonchev–Trinajstić information content (AvgIpc) is 2.99. The summed E-state index contributed by atoms with van der Waals surface area (Å²) in [5.74, 6) is 2.09. The lowest BCUT2D eigenvalue weighted by atomic mass is 9.40. The largest absolute Gasteiger partial charge is 0.358 e. The first-order chi connectivity index (χ1) is 9.96. The summed E-state index contributed by atoms with van der Waals surface area (Å²) in [5, 5.41) is 4.60. The van der Waals surface area contributed by atoms with Crippen molar-refractivity contribution >= 4 is 16.7 Å². The van der Waals surface area contributed by atoms with Crippen LogP contribution in [0.4, 0.5) is 5.13 Å². The predicted octanol–water partition coefficient (Wildman–Crippen LogP) is 4.36. The zero-order valence-corrected chi connectivity index (χ0v) is 13.9. The molecule has 4 bridgehead atoms. The molecule has 0 amide bonds. The Kier molecular flexibility index (Phi) is 2.34. The van der Waals surface area contributed by atoms with Gasteiger partial charge in [0.25, 0.3) is 0 Å². The zero-order chi connectivity index (χ0) is 14.3. The normalized spacial score (nSPS) is 47.8. The van der Waals surface area contributed by atoms with Gasteiger partial charge in [-0.2, -0.15) is 4.37 Å². The highest BCUT2D eigenvalue weighted by molar-refractivity contribution is 7.09. The van der Waals surface area contributed by atoms with Crippen molar-refractivity contribution in [2.45, 2.75) is 76.7 Å². The van der Waals surface area contributed by atoms with Crippen molar-refractivity contribution in [2.75, 3.05) is 5.32 Å². The molecule has 3 nitrogen and oxygen atoms in total. The minimum absolute atomic E-state index is 0.295. The van der Waals surface area contributed by atoms with Crippen molar-refractivity contribution in [3.05, 3.63) is 5.82 Å². The quantitative estimate of drug-likeness (QED) is 0.901. The van der Waals surface area contributed by atoms with Crippen molar-refractivity contribution < 1.29 is 0 Å². The molecule has 2 unspecified atom stereocenters. The van der Waals surface area contributed by atoms with Gasteiger partial charge < -0.3 is 5.32 Å². The number of hydrogen-bond donors (Lipinski definition) is 1. The summed E-state index contributed by atoms with van der Waals surface area (Å²) in [6.45, 7) is 5.06. The maximum absolute atomic E-state index is 4.94. The maximum Gasteiger partial charge on any atom is 0.202 e. The first kappa shape index (κ1) is 12.9. The van der Waals surface area contributed by atoms with E-state index in [4.69, 9.17) is 9.36 Å². The first-order valence-corrected chi connectivity index (χ1v) is 9.34. The molecule has 2 atom stereocenters. The second-order valence-corrected chi connectivity index (χ2v) is 10.0. The molecule has 0 aliphatic heterocycles. The van der Waals surface area contributed by atoms with Gasteiger partial charge in [-0.05, 0) is 68.1 Å². The molecule has 6 rings (SSSR count). The predicted molar refractivity (Wildman–Crippen MR) is 85.6 cm³/mol. The molecule has 1 heterocycles. The van der Waals surface area contributed by atoms with Crippen LogP contribution < -0.4 is 5.32 Å². The lowest BCUT2D eigenvalue weighted by Gasteiger charge is -2.64. The highest BCUT2D eigenvalue weighted by Crippen LogP contribution is 2.69. The molecule has 5 fully saturated rings. The van der Waals surface area contributed by atoms with Crippen LogP contribution in [0.1, 0.15) is 71.0 Å². The van der Waals surface area contributed by atoms with E-state index in [9.17, 15) is 0 Å². The number of nitrogens with zero attached hydrogens (tertiary/aromatic N) is 2. The van der Waals surface area contributed by atoms with Crippen molar-refractivity contribution in [1.29, 1.82) is 0 Å². The Morgan fingerprint density at radius 1 is 1.05 bits per heavy atom. The Morgan fingerprint density at radius 2 is 1.76 bits per heavy atom. The molecule has 5 saturated carbocycles. The number of anilines is 1. The molecule has 0 spiro atoms. The van der Waals surface area contributed by atoms with Gasteiger partial charge in [-0.15, -0.1) is 0 Å². The summed E-state index contributed by atoms with van der Waals surface area (Å²) in [4.78, 5) is 4.94. The molecule has 1 aromatic rings. The van der Waals surface area contributed by atoms with Crippen LogP contribution in [0.25, 0.3) is 0 Å². The van der Waals surface area contributed by atoms with Crippen LogP contribution in [0.3, 0.4) is 0 Å². The van der Waals surface area contributed by atoms with E-state index in [0.29, 0.717) is 22.3 Å². The summed E-state index contributed by atoms with van der Waals surface area (Å²) in [6, 6.07) is 0.678. The fourth-order valence-corrected chi connectivity index (χ4v) is 7.35. The summed E-state index contributed by atoms with van der Waals surface area (Å²) in [6.07, 6.45) is 10.9. The lowest BCUT2D eigenvalue weighted by molar-refractivity contribution is -0.112.